The van der Waals surface area contributed by atoms with E-state index in [0.29, 0.717) is 168 Å². The fourth-order valence-corrected chi connectivity index (χ4v) is 11.9. The smallest absolute Gasteiger partial charge is 0.325 e. The third kappa shape index (κ3) is 69.5. The summed E-state index contributed by atoms with van der Waals surface area (Å²) in [5, 5.41) is 29.4. The second-order valence-corrected chi connectivity index (χ2v) is 32.7. The Morgan fingerprint density at radius 1 is 0.254 bits per heavy atom. The summed E-state index contributed by atoms with van der Waals surface area (Å²) in [4.78, 5) is 238. The summed E-state index contributed by atoms with van der Waals surface area (Å²) < 4.78 is 107. The molecule has 0 aromatic rings. The number of esters is 2. The summed E-state index contributed by atoms with van der Waals surface area (Å²) in [6.45, 7) is 16.9. The minimum Gasteiger partial charge on any atom is -0.459 e. The predicted molar refractivity (Wildman–Crippen MR) is 498 cm³/mol. The van der Waals surface area contributed by atoms with Crippen molar-refractivity contribution >= 4 is 106 Å². The van der Waals surface area contributed by atoms with E-state index in [-0.39, 0.29) is 131 Å². The number of hydrogen-bond donors (Lipinski definition) is 12. The maximum atomic E-state index is 14.5. The van der Waals surface area contributed by atoms with Gasteiger partial charge in [-0.1, -0.05) is 0 Å². The molecule has 0 bridgehead atoms. The fourth-order valence-electron chi connectivity index (χ4n) is 11.9. The van der Waals surface area contributed by atoms with Gasteiger partial charge in [0.25, 0.3) is 23.6 Å². The summed E-state index contributed by atoms with van der Waals surface area (Å²) in [6.07, 6.45) is 2.57. The lowest BCUT2D eigenvalue weighted by molar-refractivity contribution is -0.156. The molecule has 4 atom stereocenters. The zero-order valence-electron chi connectivity index (χ0n) is 83.2. The van der Waals surface area contributed by atoms with Crippen LogP contribution in [0.15, 0.2) is 24.3 Å². The minimum atomic E-state index is -2.28. The zero-order valence-corrected chi connectivity index (χ0v) is 83.2. The monoisotopic (exact) mass is 2040 g/mol. The molecule has 4 unspecified atom stereocenters. The number of carbonyl (C=O) groups is 18. The van der Waals surface area contributed by atoms with Crippen LogP contribution in [-0.2, 0) is 181 Å². The Balaban J connectivity index is 2.02. The van der Waals surface area contributed by atoms with Gasteiger partial charge in [-0.15, -0.1) is 0 Å². The number of nitrogens with zero attached hydrogens (tertiary/aromatic N) is 2. The van der Waals surface area contributed by atoms with Crippen LogP contribution in [0, 0.1) is 0 Å². The maximum Gasteiger partial charge on any atom is 0.325 e. The molecule has 2 aliphatic rings. The third-order valence-electron chi connectivity index (χ3n) is 18.6. The number of carbonyl (C=O) groups excluding carboxylic acids is 18. The van der Waals surface area contributed by atoms with Gasteiger partial charge in [0.1, 0.15) is 61.7 Å². The standard InChI is InChI=1S/C90H152N14O38/c1-89(2,3)141-81(117)63-97-71(107)59-95-73(109)61-99-85(119)67(15-9-11-23-91-75(111)65-139-57-55-137-53-51-135-49-47-133-45-43-131-41-39-129-37-35-127-33-31-125-29-27-123-7)101-69(105)17-13-25-93-87(121)83(103-77(113)19-20-78(103)114)84(104-79(115)21-22-80(104)116)88(122)94-26-14-18-70(106)102-68(86(120)100-62-74(110)96-60-72(108)98-64-82(118)142-90(4,5)6)16-10-12-24-92-76(112)66-140-58-56-138-54-52-136-50-48-134-46-44-132-42-40-130-38-36-128-34-32-126-30-28-124-8/h19-22,67-68,83-84H,9-18,23-66H2,1-8H3,(H,91,111)(H,92,112)(H,93,121)(H,94,122)(H,95,109)(H,96,110)(H,97,107)(H,98,108)(H,99,119)(H,100,120)(H,101,105)(H,102,106). The van der Waals surface area contributed by atoms with Gasteiger partial charge in [0.05, 0.1) is 238 Å². The molecule has 2 aliphatic heterocycles. The Morgan fingerprint density at radius 3 is 0.725 bits per heavy atom. The van der Waals surface area contributed by atoms with E-state index in [1.54, 1.807) is 55.8 Å². The number of hydrogen-bond acceptors (Lipinski definition) is 38. The molecule has 52 heteroatoms. The van der Waals surface area contributed by atoms with Crippen LogP contribution in [0.4, 0.5) is 0 Å². The highest BCUT2D eigenvalue weighted by atomic mass is 16.6. The fraction of sp³-hybridized carbons (Fsp3) is 0.756. The molecule has 0 aromatic heterocycles. The normalized spacial score (nSPS) is 13.2. The van der Waals surface area contributed by atoms with Crippen molar-refractivity contribution in [3.05, 3.63) is 24.3 Å². The molecule has 0 saturated heterocycles. The van der Waals surface area contributed by atoms with Gasteiger partial charge in [0, 0.05) is 77.5 Å². The molecule has 2 heterocycles. The number of amides is 16. The number of unbranched alkanes of at least 4 members (excludes halogenated alkanes) is 2. The van der Waals surface area contributed by atoms with Gasteiger partial charge >= 0.3 is 11.9 Å². The van der Waals surface area contributed by atoms with Crippen molar-refractivity contribution in [1.29, 1.82) is 0 Å². The van der Waals surface area contributed by atoms with E-state index in [1.165, 1.54) is 0 Å². The van der Waals surface area contributed by atoms with Crippen LogP contribution in [0.2, 0.25) is 0 Å². The summed E-state index contributed by atoms with van der Waals surface area (Å²) in [5.41, 5.74) is -1.66. The second-order valence-electron chi connectivity index (χ2n) is 32.7. The van der Waals surface area contributed by atoms with E-state index >= 15 is 0 Å². The van der Waals surface area contributed by atoms with Crippen LogP contribution < -0.4 is 63.8 Å². The summed E-state index contributed by atoms with van der Waals surface area (Å²) >= 11 is 0. The number of ether oxygens (including phenoxy) is 20. The Hall–Kier alpha value is -10.4. The van der Waals surface area contributed by atoms with Crippen molar-refractivity contribution < 1.29 is 181 Å². The lowest BCUT2D eigenvalue weighted by Gasteiger charge is -2.35. The first-order chi connectivity index (χ1) is 68.2. The molecule has 0 fully saturated rings. The first-order valence-electron chi connectivity index (χ1n) is 47.3. The van der Waals surface area contributed by atoms with Crippen molar-refractivity contribution in [2.75, 3.05) is 304 Å². The lowest BCUT2D eigenvalue weighted by atomic mass is 10.0. The first-order valence-corrected chi connectivity index (χ1v) is 47.3. The van der Waals surface area contributed by atoms with E-state index in [0.717, 1.165) is 24.3 Å². The molecule has 0 radical (unpaired) electrons. The van der Waals surface area contributed by atoms with E-state index in [1.807, 2.05) is 0 Å². The van der Waals surface area contributed by atoms with Crippen LogP contribution in [0.1, 0.15) is 106 Å². The van der Waals surface area contributed by atoms with E-state index in [2.05, 4.69) is 63.8 Å². The van der Waals surface area contributed by atoms with Gasteiger partial charge in [-0.2, -0.15) is 0 Å². The van der Waals surface area contributed by atoms with Crippen molar-refractivity contribution in [2.45, 2.75) is 141 Å². The minimum absolute atomic E-state index is 0.0612. The van der Waals surface area contributed by atoms with Gasteiger partial charge in [-0.3, -0.25) is 96.1 Å². The topological polar surface area (TPSA) is 643 Å². The van der Waals surface area contributed by atoms with Gasteiger partial charge in [-0.05, 0) is 92.9 Å². The molecular weight excluding hydrogens is 1890 g/mol. The second kappa shape index (κ2) is 82.0. The quantitative estimate of drug-likeness (QED) is 0.0153. The van der Waals surface area contributed by atoms with Crippen molar-refractivity contribution in [2.24, 2.45) is 0 Å². The Morgan fingerprint density at radius 2 is 0.479 bits per heavy atom. The van der Waals surface area contributed by atoms with Crippen LogP contribution in [0.3, 0.4) is 0 Å². The SMILES string of the molecule is COCCOCCOCCOCCOCCOCCOCCOCCOCC(=O)NCCCCC(NC(=O)CCCNC(=O)C(C(C(=O)NCCCC(=O)NC(CCCCNC(=O)COCCOCCOCCOCCOCCOCCOCCOCCOC)C(=O)NCC(=O)NCC(=O)NCC(=O)OC(C)(C)C)N1C(=O)C=CC1=O)N1C(=O)C=CC1=O)C(=O)NCC(=O)NCC(=O)NCC(=O)OC(C)(C)C. The highest BCUT2D eigenvalue weighted by molar-refractivity contribution is 6.19. The predicted octanol–water partition coefficient (Wildman–Crippen LogP) is -6.15. The van der Waals surface area contributed by atoms with Crippen molar-refractivity contribution in [3.8, 4) is 0 Å². The molecule has 52 nitrogen and oxygen atoms in total. The van der Waals surface area contributed by atoms with Gasteiger partial charge in [0.15, 0.2) is 0 Å². The average molecular weight is 2040 g/mol. The van der Waals surface area contributed by atoms with E-state index in [4.69, 9.17) is 94.7 Å². The summed E-state index contributed by atoms with van der Waals surface area (Å²) in [5.74, 6) is -15.9. The van der Waals surface area contributed by atoms with Gasteiger partial charge in [0.2, 0.25) is 70.9 Å². The molecule has 2 rings (SSSR count). The molecule has 0 saturated carbocycles. The Bertz CT molecular complexity index is 3490. The number of rotatable bonds is 91. The molecule has 0 spiro atoms. The van der Waals surface area contributed by atoms with E-state index < -0.39 is 207 Å². The highest BCUT2D eigenvalue weighted by Crippen LogP contribution is 2.22. The Kier molecular flexibility index (Phi) is 73.7. The molecule has 12 N–H and O–H groups in total. The summed E-state index contributed by atoms with van der Waals surface area (Å²) in [6, 6.07) is -7.21. The molecule has 0 aromatic carbocycles. The highest BCUT2D eigenvalue weighted by Gasteiger charge is 2.50. The van der Waals surface area contributed by atoms with Crippen LogP contribution >= 0.6 is 0 Å². The third-order valence-corrected chi connectivity index (χ3v) is 18.6. The van der Waals surface area contributed by atoms with Gasteiger partial charge in [-0.25, -0.2) is 0 Å². The van der Waals surface area contributed by atoms with Crippen LogP contribution in [0.5, 0.6) is 0 Å². The van der Waals surface area contributed by atoms with Crippen LogP contribution in [0.25, 0.3) is 0 Å². The summed E-state index contributed by atoms with van der Waals surface area (Å²) in [7, 11) is 3.21. The molecule has 142 heavy (non-hydrogen) atoms. The molecule has 810 valence electrons. The zero-order chi connectivity index (χ0) is 104. The van der Waals surface area contributed by atoms with Crippen molar-refractivity contribution in [1.82, 2.24) is 73.6 Å². The first kappa shape index (κ1) is 128. The Labute approximate surface area is 827 Å². The molecule has 0 aliphatic carbocycles. The van der Waals surface area contributed by atoms with Crippen molar-refractivity contribution in [3.63, 3.8) is 0 Å². The largest absolute Gasteiger partial charge is 0.459 e. The number of imide groups is 2. The van der Waals surface area contributed by atoms with E-state index in [9.17, 15) is 86.3 Å². The number of methoxy groups -OCH3 is 2. The maximum absolute atomic E-state index is 14.5. The molecular formula is C90H152N14O38. The molecule has 16 amide bonds. The average Bonchev–Trinajstić information content (AvgIpc) is 1.59. The lowest BCUT2D eigenvalue weighted by Crippen LogP contribution is -2.66. The number of nitrogens with one attached hydrogen (secondary N) is 12. The van der Waals surface area contributed by atoms with Gasteiger partial charge < -0.3 is 159 Å². The van der Waals surface area contributed by atoms with Crippen LogP contribution in [-0.4, -0.2) is 456 Å².